The van der Waals surface area contributed by atoms with Crippen LogP contribution in [0.15, 0.2) is 82.7 Å². The Kier molecular flexibility index (Phi) is 5.77. The number of hydrogen-bond acceptors (Lipinski definition) is 7. The number of carbonyl (C=O) groups is 1. The van der Waals surface area contributed by atoms with E-state index in [1.165, 1.54) is 23.4 Å². The van der Waals surface area contributed by atoms with E-state index in [4.69, 9.17) is 9.47 Å². The maximum Gasteiger partial charge on any atom is 0.267 e. The van der Waals surface area contributed by atoms with Crippen molar-refractivity contribution in [2.45, 2.75) is 5.16 Å². The molecule has 0 fully saturated rings. The van der Waals surface area contributed by atoms with Crippen LogP contribution in [-0.4, -0.2) is 44.9 Å². The Morgan fingerprint density at radius 2 is 1.74 bits per heavy atom. The Bertz CT molecular complexity index is 1590. The molecule has 0 aliphatic heterocycles. The van der Waals surface area contributed by atoms with Crippen molar-refractivity contribution >= 4 is 34.2 Å². The predicted octanol–water partition coefficient (Wildman–Crippen LogP) is 4.03. The third-order valence-electron chi connectivity index (χ3n) is 5.45. The van der Waals surface area contributed by atoms with E-state index in [0.717, 1.165) is 0 Å². The van der Waals surface area contributed by atoms with E-state index < -0.39 is 0 Å². The zero-order valence-corrected chi connectivity index (χ0v) is 19.3. The van der Waals surface area contributed by atoms with Crippen LogP contribution in [-0.2, 0) is 0 Å². The molecule has 0 spiro atoms. The number of carbonyl (C=O) groups excluding carboxylic acids is 1. The minimum atomic E-state index is -0.217. The number of fused-ring (bicyclic) bond motifs is 3. The summed E-state index contributed by atoms with van der Waals surface area (Å²) in [6, 6.07) is 21.6. The van der Waals surface area contributed by atoms with Crippen LogP contribution in [0, 0.1) is 0 Å². The lowest BCUT2D eigenvalue weighted by Gasteiger charge is -2.12. The van der Waals surface area contributed by atoms with Gasteiger partial charge in [-0.2, -0.15) is 0 Å². The highest BCUT2D eigenvalue weighted by molar-refractivity contribution is 7.99. The van der Waals surface area contributed by atoms with Gasteiger partial charge in [0.25, 0.3) is 5.56 Å². The van der Waals surface area contributed by atoms with E-state index in [9.17, 15) is 9.59 Å². The number of ether oxygens (including phenoxy) is 2. The lowest BCUT2D eigenvalue weighted by Crippen LogP contribution is -2.22. The Labute approximate surface area is 198 Å². The summed E-state index contributed by atoms with van der Waals surface area (Å²) in [6.45, 7) is 0. The van der Waals surface area contributed by atoms with E-state index in [-0.39, 0.29) is 17.1 Å². The smallest absolute Gasteiger partial charge is 0.267 e. The normalized spacial score (nSPS) is 11.1. The highest BCUT2D eigenvalue weighted by Gasteiger charge is 2.20. The Balaban J connectivity index is 1.63. The maximum atomic E-state index is 13.4. The van der Waals surface area contributed by atoms with Gasteiger partial charge in [-0.05, 0) is 36.4 Å². The first kappa shape index (κ1) is 21.7. The molecule has 0 amide bonds. The Hall–Kier alpha value is -4.11. The number of Topliss-reactive ketones (excluding diaryl/α,β-unsaturated/α-hetero) is 1. The molecule has 0 saturated heterocycles. The second-order valence-corrected chi connectivity index (χ2v) is 8.33. The summed E-state index contributed by atoms with van der Waals surface area (Å²) in [7, 11) is 3.11. The van der Waals surface area contributed by atoms with Crippen LogP contribution in [0.5, 0.6) is 11.5 Å². The lowest BCUT2D eigenvalue weighted by molar-refractivity contribution is 0.101. The van der Waals surface area contributed by atoms with Crippen molar-refractivity contribution in [3.8, 4) is 17.2 Å². The molecule has 5 rings (SSSR count). The molecular formula is C25H20N4O4S. The fraction of sp³-hybridized carbons (Fsp3) is 0.120. The summed E-state index contributed by atoms with van der Waals surface area (Å²) >= 11 is 1.26. The van der Waals surface area contributed by atoms with Gasteiger partial charge in [-0.1, -0.05) is 42.1 Å². The summed E-state index contributed by atoms with van der Waals surface area (Å²) < 4.78 is 14.0. The van der Waals surface area contributed by atoms with Gasteiger partial charge in [-0.15, -0.1) is 10.2 Å². The first-order valence-electron chi connectivity index (χ1n) is 10.4. The fourth-order valence-corrected chi connectivity index (χ4v) is 4.66. The largest absolute Gasteiger partial charge is 0.497 e. The number of rotatable bonds is 7. The van der Waals surface area contributed by atoms with Crippen molar-refractivity contribution in [2.75, 3.05) is 20.0 Å². The molecule has 0 aliphatic rings. The van der Waals surface area contributed by atoms with Crippen molar-refractivity contribution in [1.29, 1.82) is 0 Å². The highest BCUT2D eigenvalue weighted by Crippen LogP contribution is 2.26. The van der Waals surface area contributed by atoms with E-state index in [1.54, 1.807) is 47.9 Å². The number of hydrogen-bond donors (Lipinski definition) is 0. The summed E-state index contributed by atoms with van der Waals surface area (Å²) in [5.41, 5.74) is 1.56. The standard InChI is InChI=1S/C25H20N4O4S/c1-32-17-9-7-8-16(14-17)28-23(31)18-10-3-5-12-20(18)29-24(28)26-27-25(29)34-15-21(30)19-11-4-6-13-22(19)33-2/h3-14H,15H2,1-2H3. The molecule has 34 heavy (non-hydrogen) atoms. The minimum absolute atomic E-state index is 0.0929. The number of methoxy groups -OCH3 is 2. The topological polar surface area (TPSA) is 87.7 Å². The molecule has 0 radical (unpaired) electrons. The average molecular weight is 473 g/mol. The quantitative estimate of drug-likeness (QED) is 0.261. The minimum Gasteiger partial charge on any atom is -0.497 e. The molecule has 8 nitrogen and oxygen atoms in total. The van der Waals surface area contributed by atoms with Gasteiger partial charge in [0.15, 0.2) is 10.9 Å². The number of para-hydroxylation sites is 2. The van der Waals surface area contributed by atoms with Crippen molar-refractivity contribution in [3.63, 3.8) is 0 Å². The van der Waals surface area contributed by atoms with Gasteiger partial charge >= 0.3 is 0 Å². The summed E-state index contributed by atoms with van der Waals surface area (Å²) in [6.07, 6.45) is 0. The van der Waals surface area contributed by atoms with Crippen LogP contribution in [0.1, 0.15) is 10.4 Å². The molecule has 170 valence electrons. The number of ketones is 1. The van der Waals surface area contributed by atoms with Crippen LogP contribution in [0.3, 0.4) is 0 Å². The third kappa shape index (κ3) is 3.69. The molecular weight excluding hydrogens is 452 g/mol. The maximum absolute atomic E-state index is 13.4. The number of benzene rings is 3. The molecule has 5 aromatic rings. The third-order valence-corrected chi connectivity index (χ3v) is 6.37. The van der Waals surface area contributed by atoms with Crippen LogP contribution in [0.25, 0.3) is 22.4 Å². The van der Waals surface area contributed by atoms with Crippen LogP contribution in [0.2, 0.25) is 0 Å². The average Bonchev–Trinajstić information content (AvgIpc) is 3.31. The van der Waals surface area contributed by atoms with Gasteiger partial charge in [-0.25, -0.2) is 4.57 Å². The van der Waals surface area contributed by atoms with Crippen molar-refractivity contribution in [2.24, 2.45) is 0 Å². The van der Waals surface area contributed by atoms with E-state index in [1.807, 2.05) is 36.4 Å². The van der Waals surface area contributed by atoms with E-state index in [2.05, 4.69) is 10.2 Å². The molecule has 0 aliphatic carbocycles. The van der Waals surface area contributed by atoms with Crippen molar-refractivity contribution < 1.29 is 14.3 Å². The molecule has 0 N–H and O–H groups in total. The van der Waals surface area contributed by atoms with Crippen LogP contribution < -0.4 is 15.0 Å². The summed E-state index contributed by atoms with van der Waals surface area (Å²) in [4.78, 5) is 26.3. The highest BCUT2D eigenvalue weighted by atomic mass is 32.2. The zero-order chi connectivity index (χ0) is 23.7. The van der Waals surface area contributed by atoms with Crippen molar-refractivity contribution in [1.82, 2.24) is 19.2 Å². The van der Waals surface area contributed by atoms with Gasteiger partial charge in [0.05, 0.1) is 42.1 Å². The second-order valence-electron chi connectivity index (χ2n) is 7.39. The molecule has 0 atom stereocenters. The molecule has 2 heterocycles. The molecule has 0 unspecified atom stereocenters. The predicted molar refractivity (Wildman–Crippen MR) is 131 cm³/mol. The van der Waals surface area contributed by atoms with E-state index in [0.29, 0.717) is 44.6 Å². The van der Waals surface area contributed by atoms with Crippen LogP contribution in [0.4, 0.5) is 0 Å². The lowest BCUT2D eigenvalue weighted by atomic mass is 10.1. The van der Waals surface area contributed by atoms with Gasteiger partial charge < -0.3 is 9.47 Å². The molecule has 0 saturated carbocycles. The molecule has 9 heteroatoms. The van der Waals surface area contributed by atoms with Crippen molar-refractivity contribution in [3.05, 3.63) is 88.7 Å². The van der Waals surface area contributed by atoms with Gasteiger partial charge in [-0.3, -0.25) is 14.0 Å². The van der Waals surface area contributed by atoms with Gasteiger partial charge in [0, 0.05) is 6.07 Å². The fourth-order valence-electron chi connectivity index (χ4n) is 3.84. The molecule has 0 bridgehead atoms. The zero-order valence-electron chi connectivity index (χ0n) is 18.5. The van der Waals surface area contributed by atoms with E-state index >= 15 is 0 Å². The molecule has 2 aromatic heterocycles. The van der Waals surface area contributed by atoms with Gasteiger partial charge in [0.2, 0.25) is 5.78 Å². The van der Waals surface area contributed by atoms with Crippen LogP contribution >= 0.6 is 11.8 Å². The SMILES string of the molecule is COc1cccc(-n2c(=O)c3ccccc3n3c(SCC(=O)c4ccccc4OC)nnc23)c1. The number of nitrogens with zero attached hydrogens (tertiary/aromatic N) is 4. The summed E-state index contributed by atoms with van der Waals surface area (Å²) in [5, 5.41) is 9.66. The Morgan fingerprint density at radius 3 is 2.56 bits per heavy atom. The molecule has 3 aromatic carbocycles. The first-order chi connectivity index (χ1) is 16.6. The Morgan fingerprint density at radius 1 is 0.941 bits per heavy atom. The first-order valence-corrected chi connectivity index (χ1v) is 11.4. The number of thioether (sulfide) groups is 1. The monoisotopic (exact) mass is 472 g/mol. The second kappa shape index (κ2) is 9.03. The number of aromatic nitrogens is 4. The summed E-state index contributed by atoms with van der Waals surface area (Å²) in [5.74, 6) is 1.53. The van der Waals surface area contributed by atoms with Gasteiger partial charge in [0.1, 0.15) is 11.5 Å².